The Kier molecular flexibility index (Phi) is 631000. The standard InChI is InChI=1S/7H2O.W/h7*1H2;/p-6. The average Bonchev–Trinajstić information content (AvgIpc) is 0. The van der Waals surface area contributed by atoms with Gasteiger partial charge in [0.05, 0.1) is 0 Å². The quantitative estimate of drug-likeness (QED) is 0.498. The molecule has 0 amide bonds. The van der Waals surface area contributed by atoms with E-state index in [4.69, 9.17) is 0 Å². The first-order valence-corrected chi connectivity index (χ1v) is 0. The fourth-order valence-electron chi connectivity index (χ4n) is 0. The van der Waals surface area contributed by atoms with Crippen LogP contribution >= 0.6 is 0 Å². The Bertz CT molecular complexity index is 4.35. The van der Waals surface area contributed by atoms with E-state index in [1.165, 1.54) is 0 Å². The molecule has 0 rings (SSSR count). The largest absolute Gasteiger partial charge is 0.870 e. The fraction of sp³-hybridized carbons (Fsp3) is 0. The molecule has 0 bridgehead atoms. The first-order valence-electron chi connectivity index (χ1n) is 0. The monoisotopic (exact) mass is 304 g/mol. The maximum atomic E-state index is 0. The van der Waals surface area contributed by atoms with Gasteiger partial charge < -0.3 is 38.3 Å². The van der Waals surface area contributed by atoms with Gasteiger partial charge in [-0.3, -0.25) is 0 Å². The van der Waals surface area contributed by atoms with E-state index >= 15 is 0 Å². The molecular formula is H8O7W-6. The van der Waals surface area contributed by atoms with Crippen LogP contribution in [0, 0.1) is 0 Å². The number of hydrogen-bond donors (Lipinski definition) is 0. The Labute approximate surface area is 60.1 Å². The molecule has 0 aliphatic rings. The van der Waals surface area contributed by atoms with Crippen LogP contribution in [-0.2, 0) is 21.1 Å². The minimum atomic E-state index is 0. The minimum absolute atomic E-state index is 0. The van der Waals surface area contributed by atoms with Crippen LogP contribution in [0.3, 0.4) is 0 Å². The smallest absolute Gasteiger partial charge is 0 e. The normalized spacial score (nSPS) is 0. The summed E-state index contributed by atoms with van der Waals surface area (Å²) in [6, 6.07) is 0. The van der Waals surface area contributed by atoms with Crippen LogP contribution in [-0.4, -0.2) is 38.3 Å². The van der Waals surface area contributed by atoms with Crippen molar-refractivity contribution in [3.8, 4) is 0 Å². The van der Waals surface area contributed by atoms with Gasteiger partial charge in [0.25, 0.3) is 0 Å². The van der Waals surface area contributed by atoms with Crippen LogP contribution in [0.4, 0.5) is 0 Å². The first kappa shape index (κ1) is 2770. The van der Waals surface area contributed by atoms with E-state index in [-0.39, 0.29) is 59.4 Å². The van der Waals surface area contributed by atoms with E-state index < -0.39 is 0 Å². The average molecular weight is 304 g/mol. The zero-order chi connectivity index (χ0) is 0. The van der Waals surface area contributed by atoms with Crippen LogP contribution < -0.4 is 0 Å². The molecule has 8 heteroatoms. The Morgan fingerprint density at radius 3 is 0.375 bits per heavy atom. The molecule has 0 fully saturated rings. The molecule has 0 aromatic rings. The van der Waals surface area contributed by atoms with Gasteiger partial charge in [-0.25, -0.2) is 0 Å². The van der Waals surface area contributed by atoms with Crippen molar-refractivity contribution < 1.29 is 59.4 Å². The summed E-state index contributed by atoms with van der Waals surface area (Å²) in [6.45, 7) is 0. The molecule has 0 aromatic carbocycles. The van der Waals surface area contributed by atoms with E-state index in [1.54, 1.807) is 0 Å². The molecule has 0 heterocycles. The van der Waals surface area contributed by atoms with Gasteiger partial charge in [-0.15, -0.1) is 0 Å². The third-order valence-corrected chi connectivity index (χ3v) is 0. The summed E-state index contributed by atoms with van der Waals surface area (Å²) in [6.07, 6.45) is 0. The summed E-state index contributed by atoms with van der Waals surface area (Å²) in [5.74, 6) is 0. The van der Waals surface area contributed by atoms with E-state index in [9.17, 15) is 0 Å². The van der Waals surface area contributed by atoms with Crippen LogP contribution in [0.1, 0.15) is 0 Å². The van der Waals surface area contributed by atoms with Gasteiger partial charge in [0.15, 0.2) is 0 Å². The van der Waals surface area contributed by atoms with Crippen LogP contribution in [0.25, 0.3) is 0 Å². The predicted octanol–water partition coefficient (Wildman–Crippen LogP) is -1.89. The molecule has 0 spiro atoms. The Morgan fingerprint density at radius 2 is 0.375 bits per heavy atom. The second-order valence-electron chi connectivity index (χ2n) is 0. The van der Waals surface area contributed by atoms with Crippen LogP contribution in [0.2, 0.25) is 0 Å². The molecule has 62 valence electrons. The van der Waals surface area contributed by atoms with Gasteiger partial charge in [-0.1, -0.05) is 0 Å². The van der Waals surface area contributed by atoms with Gasteiger partial charge in [0.2, 0.25) is 0 Å². The fourth-order valence-corrected chi connectivity index (χ4v) is 0. The zero-order valence-corrected chi connectivity index (χ0v) is 6.52. The molecule has 8 heavy (non-hydrogen) atoms. The van der Waals surface area contributed by atoms with Crippen molar-refractivity contribution in [3.05, 3.63) is 0 Å². The van der Waals surface area contributed by atoms with E-state index in [1.807, 2.05) is 0 Å². The van der Waals surface area contributed by atoms with Gasteiger partial charge in [0, 0.05) is 21.1 Å². The molecule has 0 unspecified atom stereocenters. The third-order valence-electron chi connectivity index (χ3n) is 0. The molecule has 0 radical (unpaired) electrons. The molecule has 8 N–H and O–H groups in total. The summed E-state index contributed by atoms with van der Waals surface area (Å²) in [4.78, 5) is 0. The Balaban J connectivity index is 0. The molecule has 0 saturated carbocycles. The maximum absolute atomic E-state index is 0. The SMILES string of the molecule is O.[OH-].[OH-].[OH-].[OH-].[OH-].[OH-].[W]. The second-order valence-corrected chi connectivity index (χ2v) is 0. The molecule has 0 aromatic heterocycles. The van der Waals surface area contributed by atoms with Crippen molar-refractivity contribution in [2.45, 2.75) is 0 Å². The number of hydrogen-bond acceptors (Lipinski definition) is 6. The minimum Gasteiger partial charge on any atom is -0.870 e. The van der Waals surface area contributed by atoms with Crippen LogP contribution in [0.15, 0.2) is 0 Å². The second kappa shape index (κ2) is 1820. The van der Waals surface area contributed by atoms with Crippen molar-refractivity contribution >= 4 is 0 Å². The zero-order valence-electron chi connectivity index (χ0n) is 3.59. The van der Waals surface area contributed by atoms with Gasteiger partial charge in [0.1, 0.15) is 0 Å². The van der Waals surface area contributed by atoms with Gasteiger partial charge in [-0.05, 0) is 0 Å². The summed E-state index contributed by atoms with van der Waals surface area (Å²) in [5, 5.41) is 0. The molecule has 0 atom stereocenters. The first-order chi connectivity index (χ1) is 0. The van der Waals surface area contributed by atoms with Crippen molar-refractivity contribution in [1.29, 1.82) is 0 Å². The predicted molar refractivity (Wildman–Crippen MR) is 15.2 cm³/mol. The van der Waals surface area contributed by atoms with Gasteiger partial charge in [-0.2, -0.15) is 0 Å². The Hall–Kier alpha value is 0.408. The topological polar surface area (TPSA) is 212 Å². The summed E-state index contributed by atoms with van der Waals surface area (Å²) in [7, 11) is 0. The van der Waals surface area contributed by atoms with Crippen molar-refractivity contribution in [1.82, 2.24) is 0 Å². The number of rotatable bonds is 0. The summed E-state index contributed by atoms with van der Waals surface area (Å²) >= 11 is 0. The summed E-state index contributed by atoms with van der Waals surface area (Å²) in [5.41, 5.74) is 0. The molecule has 7 nitrogen and oxygen atoms in total. The summed E-state index contributed by atoms with van der Waals surface area (Å²) < 4.78 is 0. The molecule has 0 aliphatic carbocycles. The van der Waals surface area contributed by atoms with Crippen molar-refractivity contribution in [2.24, 2.45) is 0 Å². The van der Waals surface area contributed by atoms with Crippen molar-refractivity contribution in [3.63, 3.8) is 0 Å². The van der Waals surface area contributed by atoms with E-state index in [2.05, 4.69) is 0 Å². The van der Waals surface area contributed by atoms with Crippen LogP contribution in [0.5, 0.6) is 0 Å². The third kappa shape index (κ3) is 1120. The molecule has 0 aliphatic heterocycles. The van der Waals surface area contributed by atoms with E-state index in [0.29, 0.717) is 0 Å². The molecular weight excluding hydrogens is 296 g/mol. The Morgan fingerprint density at radius 1 is 0.375 bits per heavy atom. The van der Waals surface area contributed by atoms with E-state index in [0.717, 1.165) is 0 Å². The molecule has 0 saturated heterocycles. The maximum Gasteiger partial charge on any atom is 0 e. The van der Waals surface area contributed by atoms with Gasteiger partial charge >= 0.3 is 0 Å². The van der Waals surface area contributed by atoms with Crippen molar-refractivity contribution in [2.75, 3.05) is 0 Å².